The van der Waals surface area contributed by atoms with E-state index in [1.54, 1.807) is 44.3 Å². The molecule has 0 aliphatic heterocycles. The molecule has 0 saturated carbocycles. The van der Waals surface area contributed by atoms with Crippen LogP contribution in [0.3, 0.4) is 0 Å². The summed E-state index contributed by atoms with van der Waals surface area (Å²) in [6.07, 6.45) is 1.03. The molecule has 0 radical (unpaired) electrons. The molecule has 1 amide bonds. The third-order valence-corrected chi connectivity index (χ3v) is 5.25. The smallest absolute Gasteiger partial charge is 0.241 e. The number of carbonyl (C=O) groups excluding carboxylic acids is 1. The molecule has 0 saturated heterocycles. The highest BCUT2D eigenvalue weighted by Gasteiger charge is 2.24. The van der Waals surface area contributed by atoms with E-state index in [1.165, 1.54) is 12.1 Å². The van der Waals surface area contributed by atoms with Crippen molar-refractivity contribution in [2.45, 2.75) is 31.8 Å². The third-order valence-electron chi connectivity index (χ3n) is 5.25. The molecule has 3 nitrogen and oxygen atoms in total. The maximum Gasteiger partial charge on any atom is 0.241 e. The van der Waals surface area contributed by atoms with Crippen molar-refractivity contribution in [2.24, 2.45) is 0 Å². The van der Waals surface area contributed by atoms with Crippen LogP contribution in [0.1, 0.15) is 40.8 Å². The Bertz CT molecular complexity index is 991. The lowest BCUT2D eigenvalue weighted by atomic mass is 9.95. The van der Waals surface area contributed by atoms with Gasteiger partial charge in [0.05, 0.1) is 0 Å². The van der Waals surface area contributed by atoms with Crippen LogP contribution in [0, 0.1) is 18.6 Å². The number of hydrogen-bond acceptors (Lipinski definition) is 2. The van der Waals surface area contributed by atoms with Crippen LogP contribution < -0.4 is 10.6 Å². The summed E-state index contributed by atoms with van der Waals surface area (Å²) in [5.41, 5.74) is 2.82. The second-order valence-electron chi connectivity index (χ2n) is 7.32. The first-order valence-electron chi connectivity index (χ1n) is 10.0. The van der Waals surface area contributed by atoms with Gasteiger partial charge in [0, 0.05) is 13.1 Å². The summed E-state index contributed by atoms with van der Waals surface area (Å²) >= 11 is 0. The summed E-state index contributed by atoms with van der Waals surface area (Å²) in [6, 6.07) is 20.2. The van der Waals surface area contributed by atoms with Crippen molar-refractivity contribution in [3.05, 3.63) is 107 Å². The zero-order valence-electron chi connectivity index (χ0n) is 17.2. The quantitative estimate of drug-likeness (QED) is 0.549. The summed E-state index contributed by atoms with van der Waals surface area (Å²) in [6.45, 7) is 1.71. The Morgan fingerprint density at radius 2 is 1.60 bits per heavy atom. The minimum atomic E-state index is -0.591. The van der Waals surface area contributed by atoms with Gasteiger partial charge in [-0.15, -0.1) is 0 Å². The highest BCUT2D eigenvalue weighted by atomic mass is 19.1. The zero-order valence-corrected chi connectivity index (χ0v) is 17.2. The van der Waals surface area contributed by atoms with Crippen LogP contribution in [0.4, 0.5) is 8.78 Å². The number of nitrogens with one attached hydrogen (secondary N) is 2. The molecular formula is C25H26F2N2O. The van der Waals surface area contributed by atoms with E-state index < -0.39 is 6.04 Å². The van der Waals surface area contributed by atoms with Crippen molar-refractivity contribution in [1.82, 2.24) is 10.6 Å². The molecule has 0 aliphatic rings. The first-order valence-corrected chi connectivity index (χ1v) is 10.0. The van der Waals surface area contributed by atoms with Gasteiger partial charge in [0.1, 0.15) is 17.7 Å². The second kappa shape index (κ2) is 10.1. The van der Waals surface area contributed by atoms with E-state index in [0.29, 0.717) is 24.0 Å². The van der Waals surface area contributed by atoms with Crippen LogP contribution in [-0.2, 0) is 11.2 Å². The number of hydrogen-bond donors (Lipinski definition) is 2. The second-order valence-corrected chi connectivity index (χ2v) is 7.32. The molecule has 0 spiro atoms. The molecule has 3 aromatic rings. The summed E-state index contributed by atoms with van der Waals surface area (Å²) in [5, 5.41) is 6.12. The van der Waals surface area contributed by atoms with E-state index in [1.807, 2.05) is 30.3 Å². The van der Waals surface area contributed by atoms with E-state index in [-0.39, 0.29) is 23.6 Å². The van der Waals surface area contributed by atoms with E-state index >= 15 is 0 Å². The number of halogens is 2. The zero-order chi connectivity index (χ0) is 21.5. The fourth-order valence-corrected chi connectivity index (χ4v) is 3.55. The maximum absolute atomic E-state index is 14.1. The number of rotatable bonds is 8. The number of benzene rings is 3. The molecule has 0 heterocycles. The largest absolute Gasteiger partial charge is 0.358 e. The van der Waals surface area contributed by atoms with Gasteiger partial charge in [-0.3, -0.25) is 10.1 Å². The minimum absolute atomic E-state index is 0.170. The molecule has 0 aromatic heterocycles. The molecule has 156 valence electrons. The van der Waals surface area contributed by atoms with Crippen molar-refractivity contribution in [3.63, 3.8) is 0 Å². The molecule has 2 N–H and O–H groups in total. The first kappa shape index (κ1) is 21.7. The van der Waals surface area contributed by atoms with Gasteiger partial charge in [0.25, 0.3) is 0 Å². The normalized spacial score (nSPS) is 12.9. The average molecular weight is 408 g/mol. The fourth-order valence-electron chi connectivity index (χ4n) is 3.55. The molecule has 0 fully saturated rings. The van der Waals surface area contributed by atoms with E-state index in [9.17, 15) is 13.6 Å². The molecule has 30 heavy (non-hydrogen) atoms. The van der Waals surface area contributed by atoms with Gasteiger partial charge in [0.2, 0.25) is 5.91 Å². The van der Waals surface area contributed by atoms with Gasteiger partial charge < -0.3 is 5.32 Å². The first-order chi connectivity index (χ1) is 14.5. The Balaban J connectivity index is 1.91. The molecule has 3 rings (SSSR count). The molecule has 0 aliphatic carbocycles. The lowest BCUT2D eigenvalue weighted by molar-refractivity contribution is -0.123. The Morgan fingerprint density at radius 1 is 0.900 bits per heavy atom. The van der Waals surface area contributed by atoms with Gasteiger partial charge in [0.15, 0.2) is 0 Å². The Labute approximate surface area is 176 Å². The van der Waals surface area contributed by atoms with Gasteiger partial charge in [-0.1, -0.05) is 60.7 Å². The molecule has 5 heteroatoms. The van der Waals surface area contributed by atoms with Crippen molar-refractivity contribution in [2.75, 3.05) is 7.05 Å². The lowest BCUT2D eigenvalue weighted by Gasteiger charge is -2.26. The predicted molar refractivity (Wildman–Crippen MR) is 115 cm³/mol. The van der Waals surface area contributed by atoms with Crippen molar-refractivity contribution in [1.29, 1.82) is 0 Å². The molecule has 0 unspecified atom stereocenters. The van der Waals surface area contributed by atoms with Crippen LogP contribution in [0.15, 0.2) is 72.8 Å². The fraction of sp³-hybridized carbons (Fsp3) is 0.240. The standard InChI is InChI=1S/C25H26F2N2O/c1-17-16-20(12-14-21(17)26)23(15-13-18-8-6-7-11-22(18)27)29-24(25(30)28-2)19-9-4-3-5-10-19/h3-12,14,16,23-24,29H,13,15H2,1-2H3,(H,28,30)/t23-,24+/m0/s1. The summed E-state index contributed by atoms with van der Waals surface area (Å²) < 4.78 is 28.0. The SMILES string of the molecule is CNC(=O)[C@H](N[C@@H](CCc1ccccc1F)c1ccc(F)c(C)c1)c1ccccc1. The Hall–Kier alpha value is -3.05. The summed E-state index contributed by atoms with van der Waals surface area (Å²) in [5.74, 6) is -0.703. The number of carbonyl (C=O) groups is 1. The van der Waals surface area contributed by atoms with Crippen LogP contribution in [0.25, 0.3) is 0 Å². The maximum atomic E-state index is 14.1. The van der Waals surface area contributed by atoms with Crippen LogP contribution >= 0.6 is 0 Å². The number of amides is 1. The monoisotopic (exact) mass is 408 g/mol. The predicted octanol–water partition coefficient (Wildman–Crippen LogP) is 5.02. The highest BCUT2D eigenvalue weighted by Crippen LogP contribution is 2.26. The van der Waals surface area contributed by atoms with Gasteiger partial charge in [-0.25, -0.2) is 8.78 Å². The Morgan fingerprint density at radius 3 is 2.27 bits per heavy atom. The van der Waals surface area contributed by atoms with Crippen molar-refractivity contribution in [3.8, 4) is 0 Å². The van der Waals surface area contributed by atoms with Crippen molar-refractivity contribution >= 4 is 5.91 Å². The number of likely N-dealkylation sites (N-methyl/N-ethyl adjacent to an activating group) is 1. The lowest BCUT2D eigenvalue weighted by Crippen LogP contribution is -2.38. The van der Waals surface area contributed by atoms with E-state index in [0.717, 1.165) is 11.1 Å². The van der Waals surface area contributed by atoms with Crippen molar-refractivity contribution < 1.29 is 13.6 Å². The molecule has 3 aromatic carbocycles. The summed E-state index contributed by atoms with van der Waals surface area (Å²) in [7, 11) is 1.59. The number of aryl methyl sites for hydroxylation is 2. The summed E-state index contributed by atoms with van der Waals surface area (Å²) in [4.78, 5) is 12.6. The van der Waals surface area contributed by atoms with Crippen LogP contribution in [0.2, 0.25) is 0 Å². The Kier molecular flexibility index (Phi) is 7.31. The minimum Gasteiger partial charge on any atom is -0.358 e. The molecule has 2 atom stereocenters. The third kappa shape index (κ3) is 5.30. The van der Waals surface area contributed by atoms with Gasteiger partial charge in [-0.2, -0.15) is 0 Å². The van der Waals surface area contributed by atoms with Gasteiger partial charge >= 0.3 is 0 Å². The average Bonchev–Trinajstić information content (AvgIpc) is 2.77. The van der Waals surface area contributed by atoms with Gasteiger partial charge in [-0.05, 0) is 54.2 Å². The highest BCUT2D eigenvalue weighted by molar-refractivity contribution is 5.83. The van der Waals surface area contributed by atoms with Crippen LogP contribution in [0.5, 0.6) is 0 Å². The van der Waals surface area contributed by atoms with E-state index in [4.69, 9.17) is 0 Å². The topological polar surface area (TPSA) is 41.1 Å². The molecule has 0 bridgehead atoms. The molecular weight excluding hydrogens is 382 g/mol. The van der Waals surface area contributed by atoms with Crippen LogP contribution in [-0.4, -0.2) is 13.0 Å². The van der Waals surface area contributed by atoms with E-state index in [2.05, 4.69) is 10.6 Å².